The lowest BCUT2D eigenvalue weighted by Crippen LogP contribution is -2.24. The number of nitrogens with two attached hydrogens (primary N) is 1. The van der Waals surface area contributed by atoms with Gasteiger partial charge in [-0.25, -0.2) is 0 Å². The number of benzene rings is 1. The lowest BCUT2D eigenvalue weighted by Gasteiger charge is -2.16. The molecule has 0 spiro atoms. The first kappa shape index (κ1) is 13.2. The Morgan fingerprint density at radius 2 is 2.12 bits per heavy atom. The summed E-state index contributed by atoms with van der Waals surface area (Å²) in [5, 5.41) is 9.83. The largest absolute Gasteiger partial charge is 0.387 e. The van der Waals surface area contributed by atoms with E-state index in [4.69, 9.17) is 10.5 Å². The summed E-state index contributed by atoms with van der Waals surface area (Å²) in [6.07, 6.45) is -0.597. The van der Waals surface area contributed by atoms with Crippen molar-refractivity contribution in [3.8, 4) is 0 Å². The summed E-state index contributed by atoms with van der Waals surface area (Å²) in [7, 11) is 0. The first-order chi connectivity index (χ1) is 7.56. The van der Waals surface area contributed by atoms with Crippen LogP contribution in [-0.2, 0) is 11.3 Å². The molecule has 16 heavy (non-hydrogen) atoms. The fourth-order valence-electron chi connectivity index (χ4n) is 1.58. The van der Waals surface area contributed by atoms with Crippen molar-refractivity contribution >= 4 is 0 Å². The molecule has 3 N–H and O–H groups in total. The highest BCUT2D eigenvalue weighted by Crippen LogP contribution is 2.19. The number of aliphatic hydroxyl groups is 1. The molecular formula is C13H21NO2. The maximum absolute atomic E-state index is 9.83. The van der Waals surface area contributed by atoms with Crippen LogP contribution in [0.15, 0.2) is 18.2 Å². The molecule has 0 saturated carbocycles. The number of ether oxygens (including phenoxy) is 1. The zero-order valence-corrected chi connectivity index (χ0v) is 10.2. The van der Waals surface area contributed by atoms with E-state index in [2.05, 4.69) is 0 Å². The molecule has 1 aromatic rings. The minimum atomic E-state index is -0.597. The zero-order valence-electron chi connectivity index (χ0n) is 10.2. The fourth-order valence-corrected chi connectivity index (χ4v) is 1.58. The van der Waals surface area contributed by atoms with Gasteiger partial charge in [-0.15, -0.1) is 0 Å². The highest BCUT2D eigenvalue weighted by molar-refractivity contribution is 5.32. The summed E-state index contributed by atoms with van der Waals surface area (Å²) in [4.78, 5) is 0. The van der Waals surface area contributed by atoms with Gasteiger partial charge in [0.25, 0.3) is 0 Å². The molecule has 2 atom stereocenters. The Kier molecular flexibility index (Phi) is 4.93. The summed E-state index contributed by atoms with van der Waals surface area (Å²) < 4.78 is 5.36. The monoisotopic (exact) mass is 223 g/mol. The molecule has 3 heteroatoms. The van der Waals surface area contributed by atoms with Gasteiger partial charge in [-0.3, -0.25) is 0 Å². The van der Waals surface area contributed by atoms with E-state index in [0.717, 1.165) is 16.7 Å². The molecule has 0 radical (unpaired) electrons. The van der Waals surface area contributed by atoms with Crippen molar-refractivity contribution in [2.75, 3.05) is 6.61 Å². The van der Waals surface area contributed by atoms with Crippen molar-refractivity contribution in [3.05, 3.63) is 34.9 Å². The summed E-state index contributed by atoms with van der Waals surface area (Å²) in [5.74, 6) is 0. The first-order valence-electron chi connectivity index (χ1n) is 5.67. The molecule has 0 aliphatic heterocycles. The Labute approximate surface area is 97.2 Å². The molecule has 0 fully saturated rings. The molecule has 1 rings (SSSR count). The Hall–Kier alpha value is -0.900. The normalized spacial score (nSPS) is 14.8. The van der Waals surface area contributed by atoms with Gasteiger partial charge in [0.1, 0.15) is 0 Å². The average Bonchev–Trinajstić information content (AvgIpc) is 2.26. The van der Waals surface area contributed by atoms with Gasteiger partial charge >= 0.3 is 0 Å². The summed E-state index contributed by atoms with van der Waals surface area (Å²) in [5.41, 5.74) is 8.82. The van der Waals surface area contributed by atoms with Crippen LogP contribution in [0.5, 0.6) is 0 Å². The fraction of sp³-hybridized carbons (Fsp3) is 0.538. The van der Waals surface area contributed by atoms with Crippen LogP contribution in [0.25, 0.3) is 0 Å². The van der Waals surface area contributed by atoms with Gasteiger partial charge in [0, 0.05) is 12.6 Å². The number of rotatable bonds is 5. The topological polar surface area (TPSA) is 55.5 Å². The van der Waals surface area contributed by atoms with E-state index in [1.165, 1.54) is 0 Å². The van der Waals surface area contributed by atoms with Crippen LogP contribution in [0.4, 0.5) is 0 Å². The number of aliphatic hydroxyl groups excluding tert-OH is 1. The molecule has 0 saturated heterocycles. The minimum Gasteiger partial charge on any atom is -0.387 e. The van der Waals surface area contributed by atoms with Crippen molar-refractivity contribution in [1.82, 2.24) is 0 Å². The van der Waals surface area contributed by atoms with Crippen molar-refractivity contribution in [2.24, 2.45) is 5.73 Å². The Morgan fingerprint density at radius 3 is 2.62 bits per heavy atom. The molecule has 3 nitrogen and oxygen atoms in total. The third-order valence-electron chi connectivity index (χ3n) is 2.67. The van der Waals surface area contributed by atoms with E-state index in [0.29, 0.717) is 13.2 Å². The highest BCUT2D eigenvalue weighted by atomic mass is 16.5. The number of hydrogen-bond acceptors (Lipinski definition) is 3. The van der Waals surface area contributed by atoms with Gasteiger partial charge in [0.05, 0.1) is 12.7 Å². The van der Waals surface area contributed by atoms with Crippen LogP contribution in [0, 0.1) is 6.92 Å². The Bertz CT molecular complexity index is 337. The van der Waals surface area contributed by atoms with Crippen LogP contribution < -0.4 is 5.73 Å². The molecule has 0 amide bonds. The minimum absolute atomic E-state index is 0.253. The number of hydrogen-bond donors (Lipinski definition) is 2. The van der Waals surface area contributed by atoms with Crippen molar-refractivity contribution < 1.29 is 9.84 Å². The van der Waals surface area contributed by atoms with Crippen LogP contribution in [0.3, 0.4) is 0 Å². The van der Waals surface area contributed by atoms with Crippen LogP contribution >= 0.6 is 0 Å². The van der Waals surface area contributed by atoms with E-state index in [1.54, 1.807) is 6.92 Å². The van der Waals surface area contributed by atoms with E-state index >= 15 is 0 Å². The Balaban J connectivity index is 2.82. The Morgan fingerprint density at radius 1 is 1.44 bits per heavy atom. The molecule has 0 aromatic heterocycles. The lowest BCUT2D eigenvalue weighted by molar-refractivity contribution is 0.133. The van der Waals surface area contributed by atoms with Crippen LogP contribution in [0.2, 0.25) is 0 Å². The second-order valence-electron chi connectivity index (χ2n) is 4.13. The molecule has 0 heterocycles. The summed E-state index contributed by atoms with van der Waals surface area (Å²) in [6.45, 7) is 7.13. The molecular weight excluding hydrogens is 202 g/mol. The first-order valence-corrected chi connectivity index (χ1v) is 5.67. The van der Waals surface area contributed by atoms with Crippen LogP contribution in [-0.4, -0.2) is 17.8 Å². The summed E-state index contributed by atoms with van der Waals surface area (Å²) in [6, 6.07) is 5.63. The van der Waals surface area contributed by atoms with Gasteiger partial charge in [0.15, 0.2) is 0 Å². The van der Waals surface area contributed by atoms with Gasteiger partial charge in [-0.1, -0.05) is 18.2 Å². The van der Waals surface area contributed by atoms with E-state index in [1.807, 2.05) is 32.0 Å². The maximum Gasteiger partial charge on any atom is 0.0938 e. The van der Waals surface area contributed by atoms with Gasteiger partial charge in [-0.05, 0) is 37.5 Å². The number of aryl methyl sites for hydroxylation is 1. The summed E-state index contributed by atoms with van der Waals surface area (Å²) >= 11 is 0. The van der Waals surface area contributed by atoms with Gasteiger partial charge in [-0.2, -0.15) is 0 Å². The smallest absolute Gasteiger partial charge is 0.0938 e. The van der Waals surface area contributed by atoms with E-state index < -0.39 is 6.10 Å². The molecule has 90 valence electrons. The molecule has 1 unspecified atom stereocenters. The zero-order chi connectivity index (χ0) is 12.1. The standard InChI is InChI=1S/C13H21NO2/c1-4-16-8-12-6-5-11(7-9(12)2)13(15)10(3)14/h5-7,10,13,15H,4,8,14H2,1-3H3/t10?,13-/m0/s1. The molecule has 1 aromatic carbocycles. The highest BCUT2D eigenvalue weighted by Gasteiger charge is 2.13. The third kappa shape index (κ3) is 3.30. The van der Waals surface area contributed by atoms with Crippen LogP contribution in [0.1, 0.15) is 36.6 Å². The maximum atomic E-state index is 9.83. The van der Waals surface area contributed by atoms with E-state index in [9.17, 15) is 5.11 Å². The van der Waals surface area contributed by atoms with Crippen molar-refractivity contribution in [2.45, 2.75) is 39.5 Å². The van der Waals surface area contributed by atoms with Gasteiger partial charge in [0.2, 0.25) is 0 Å². The second-order valence-corrected chi connectivity index (χ2v) is 4.13. The second kappa shape index (κ2) is 5.99. The molecule has 0 aliphatic carbocycles. The predicted molar refractivity (Wildman–Crippen MR) is 65.1 cm³/mol. The molecule has 0 bridgehead atoms. The predicted octanol–water partition coefficient (Wildman–Crippen LogP) is 1.91. The average molecular weight is 223 g/mol. The van der Waals surface area contributed by atoms with Gasteiger partial charge < -0.3 is 15.6 Å². The quantitative estimate of drug-likeness (QED) is 0.801. The van der Waals surface area contributed by atoms with E-state index in [-0.39, 0.29) is 6.04 Å². The van der Waals surface area contributed by atoms with Crippen molar-refractivity contribution in [3.63, 3.8) is 0 Å². The van der Waals surface area contributed by atoms with Crippen molar-refractivity contribution in [1.29, 1.82) is 0 Å². The SMILES string of the molecule is CCOCc1ccc([C@@H](O)C(C)N)cc1C. The molecule has 0 aliphatic rings. The third-order valence-corrected chi connectivity index (χ3v) is 2.67. The lowest BCUT2D eigenvalue weighted by atomic mass is 9.99.